The first kappa shape index (κ1) is 30.5. The summed E-state index contributed by atoms with van der Waals surface area (Å²) in [7, 11) is -1.35. The molecular weight excluding hydrogens is 583 g/mol. The van der Waals surface area contributed by atoms with Crippen LogP contribution >= 0.6 is 7.60 Å². The number of ether oxygens (including phenoxy) is 2. The third kappa shape index (κ3) is 7.33. The van der Waals surface area contributed by atoms with Gasteiger partial charge in [-0.3, -0.25) is 14.3 Å². The molecule has 1 amide bonds. The number of amides is 1. The van der Waals surface area contributed by atoms with Crippen LogP contribution in [0.15, 0.2) is 95.3 Å². The fraction of sp³-hybridized carbons (Fsp3) is 0.156. The van der Waals surface area contributed by atoms with E-state index in [4.69, 9.17) is 13.9 Å². The minimum atomic E-state index is -4.43. The van der Waals surface area contributed by atoms with Crippen molar-refractivity contribution in [1.29, 1.82) is 0 Å². The number of nitrogens with zero attached hydrogens (tertiary/aromatic N) is 4. The number of carbonyl (C=O) groups is 1. The van der Waals surface area contributed by atoms with Crippen molar-refractivity contribution in [2.24, 2.45) is 0 Å². The Hall–Kier alpha value is -4.96. The lowest BCUT2D eigenvalue weighted by Gasteiger charge is -2.17. The molecule has 12 heteroatoms. The summed E-state index contributed by atoms with van der Waals surface area (Å²) in [5.41, 5.74) is 3.29. The van der Waals surface area contributed by atoms with Crippen molar-refractivity contribution in [3.05, 3.63) is 113 Å². The van der Waals surface area contributed by atoms with Crippen molar-refractivity contribution in [1.82, 2.24) is 14.8 Å². The Balaban J connectivity index is 1.31. The number of hydrogen-bond acceptors (Lipinski definition) is 7. The zero-order chi connectivity index (χ0) is 31.3. The number of aromatic nitrogens is 3. The van der Waals surface area contributed by atoms with Gasteiger partial charge in [0.2, 0.25) is 11.8 Å². The van der Waals surface area contributed by atoms with Gasteiger partial charge in [-0.2, -0.15) is 0 Å². The van der Waals surface area contributed by atoms with Crippen molar-refractivity contribution in [2.45, 2.75) is 20.0 Å². The van der Waals surface area contributed by atoms with Crippen LogP contribution in [0.3, 0.4) is 0 Å². The van der Waals surface area contributed by atoms with Crippen LogP contribution in [0.4, 0.5) is 5.82 Å². The molecule has 3 aromatic carbocycles. The summed E-state index contributed by atoms with van der Waals surface area (Å²) in [6.45, 7) is 1.99. The molecule has 0 aliphatic heterocycles. The van der Waals surface area contributed by atoms with E-state index in [9.17, 15) is 19.1 Å². The fourth-order valence-corrected chi connectivity index (χ4v) is 4.77. The molecule has 0 unspecified atom stereocenters. The van der Waals surface area contributed by atoms with Crippen molar-refractivity contribution in [3.8, 4) is 28.6 Å². The van der Waals surface area contributed by atoms with E-state index in [-0.39, 0.29) is 24.8 Å². The van der Waals surface area contributed by atoms with Crippen molar-refractivity contribution in [3.63, 3.8) is 0 Å². The summed E-state index contributed by atoms with van der Waals surface area (Å²) in [5, 5.41) is 4.53. The average Bonchev–Trinajstić information content (AvgIpc) is 3.63. The van der Waals surface area contributed by atoms with Gasteiger partial charge in [-0.1, -0.05) is 42.5 Å². The predicted molar refractivity (Wildman–Crippen MR) is 166 cm³/mol. The summed E-state index contributed by atoms with van der Waals surface area (Å²) in [4.78, 5) is 38.0. The van der Waals surface area contributed by atoms with Gasteiger partial charge in [0, 0.05) is 30.2 Å². The van der Waals surface area contributed by atoms with Crippen molar-refractivity contribution >= 4 is 25.4 Å². The van der Waals surface area contributed by atoms with Crippen LogP contribution in [0.2, 0.25) is 0 Å². The highest BCUT2D eigenvalue weighted by Crippen LogP contribution is 2.38. The van der Waals surface area contributed by atoms with E-state index >= 15 is 0 Å². The number of rotatable bonds is 11. The smallest absolute Gasteiger partial charge is 0.349 e. The zero-order valence-electron chi connectivity index (χ0n) is 24.3. The quantitative estimate of drug-likeness (QED) is 0.177. The highest BCUT2D eigenvalue weighted by Gasteiger charge is 2.21. The molecule has 2 heterocycles. The highest BCUT2D eigenvalue weighted by atomic mass is 31.2. The third-order valence-electron chi connectivity index (χ3n) is 6.74. The predicted octanol–water partition coefficient (Wildman–Crippen LogP) is 5.78. The largest absolute Gasteiger partial charge is 0.493 e. The van der Waals surface area contributed by atoms with Gasteiger partial charge < -0.3 is 23.7 Å². The first-order valence-electron chi connectivity index (χ1n) is 13.6. The molecule has 0 aliphatic rings. The van der Waals surface area contributed by atoms with Gasteiger partial charge >= 0.3 is 7.60 Å². The highest BCUT2D eigenvalue weighted by molar-refractivity contribution is 7.55. The van der Waals surface area contributed by atoms with E-state index in [2.05, 4.69) is 10.1 Å². The Morgan fingerprint density at radius 2 is 1.75 bits per heavy atom. The Morgan fingerprint density at radius 1 is 1.05 bits per heavy atom. The molecule has 2 N–H and O–H groups in total. The number of para-hydroxylation sites is 1. The van der Waals surface area contributed by atoms with Crippen LogP contribution in [0.1, 0.15) is 22.6 Å². The molecule has 226 valence electrons. The second-order valence-electron chi connectivity index (χ2n) is 9.88. The maximum Gasteiger partial charge on any atom is 0.349 e. The fourth-order valence-electron chi connectivity index (χ4n) is 4.41. The molecule has 0 aliphatic carbocycles. The van der Waals surface area contributed by atoms with Crippen LogP contribution in [0.25, 0.3) is 23.2 Å². The Bertz CT molecular complexity index is 1830. The molecule has 0 saturated carbocycles. The molecule has 0 radical (unpaired) electrons. The molecule has 0 atom stereocenters. The first-order valence-corrected chi connectivity index (χ1v) is 15.3. The SMILES string of the molecule is COc1cc(CC(=O)N(C)c2nn(-c3ccccc3)cc2/C=C/P(=O)(O)O)ccc1OCc1nc(-c2ccccc2)oc1C. The van der Waals surface area contributed by atoms with Gasteiger partial charge in [-0.25, -0.2) is 9.67 Å². The van der Waals surface area contributed by atoms with Crippen LogP contribution in [0.5, 0.6) is 11.5 Å². The normalized spacial score (nSPS) is 11.6. The van der Waals surface area contributed by atoms with Gasteiger partial charge in [0.15, 0.2) is 17.3 Å². The topological polar surface area (TPSA) is 140 Å². The number of oxazole rings is 1. The molecule has 0 bridgehead atoms. The molecule has 0 saturated heterocycles. The van der Waals surface area contributed by atoms with E-state index < -0.39 is 7.60 Å². The summed E-state index contributed by atoms with van der Waals surface area (Å²) in [6.07, 6.45) is 2.88. The Labute approximate surface area is 254 Å². The minimum absolute atomic E-state index is 0.00974. The molecule has 44 heavy (non-hydrogen) atoms. The van der Waals surface area contributed by atoms with E-state index in [0.29, 0.717) is 40.0 Å². The number of anilines is 1. The minimum Gasteiger partial charge on any atom is -0.493 e. The monoisotopic (exact) mass is 614 g/mol. The van der Waals surface area contributed by atoms with Gasteiger partial charge in [0.1, 0.15) is 18.1 Å². The van der Waals surface area contributed by atoms with E-state index in [1.807, 2.05) is 67.6 Å². The summed E-state index contributed by atoms with van der Waals surface area (Å²) < 4.78 is 30.4. The number of aryl methyl sites for hydroxylation is 1. The first-order chi connectivity index (χ1) is 21.1. The lowest BCUT2D eigenvalue weighted by atomic mass is 10.1. The summed E-state index contributed by atoms with van der Waals surface area (Å²) in [6, 6.07) is 24.0. The van der Waals surface area contributed by atoms with E-state index in [1.165, 1.54) is 18.1 Å². The van der Waals surface area contributed by atoms with Crippen LogP contribution in [-0.4, -0.2) is 44.6 Å². The van der Waals surface area contributed by atoms with Gasteiger partial charge in [-0.05, 0) is 55.0 Å². The maximum atomic E-state index is 13.4. The van der Waals surface area contributed by atoms with Crippen molar-refractivity contribution < 1.29 is 33.0 Å². The number of carbonyl (C=O) groups excluding carboxylic acids is 1. The van der Waals surface area contributed by atoms with E-state index in [0.717, 1.165) is 17.1 Å². The molecule has 0 fully saturated rings. The summed E-state index contributed by atoms with van der Waals surface area (Å²) >= 11 is 0. The molecule has 2 aromatic heterocycles. The molecule has 5 rings (SSSR count). The number of methoxy groups -OCH3 is 1. The van der Waals surface area contributed by atoms with Gasteiger partial charge in [-0.15, -0.1) is 5.10 Å². The number of likely N-dealkylation sites (N-methyl/N-ethyl adjacent to an activating group) is 1. The van der Waals surface area contributed by atoms with Crippen LogP contribution < -0.4 is 14.4 Å². The summed E-state index contributed by atoms with van der Waals surface area (Å²) in [5.74, 6) is 2.82. The molecule has 11 nitrogen and oxygen atoms in total. The van der Waals surface area contributed by atoms with E-state index in [1.54, 1.807) is 36.1 Å². The lowest BCUT2D eigenvalue weighted by molar-refractivity contribution is -0.117. The Kier molecular flexibility index (Phi) is 9.10. The zero-order valence-corrected chi connectivity index (χ0v) is 25.2. The van der Waals surface area contributed by atoms with Crippen LogP contribution in [-0.2, 0) is 22.4 Å². The Morgan fingerprint density at radius 3 is 2.43 bits per heavy atom. The van der Waals surface area contributed by atoms with Crippen LogP contribution in [0, 0.1) is 6.92 Å². The standard InChI is InChI=1S/C32H31N4O7P/c1-22-27(33-32(43-22)24-10-6-4-7-11-24)21-42-28-15-14-23(18-29(28)41-3)19-30(37)35(2)31-25(16-17-44(38,39)40)20-36(34-31)26-12-8-5-9-13-26/h4-18,20H,19,21H2,1-3H3,(H2,38,39,40)/b17-16+. The second kappa shape index (κ2) is 13.1. The van der Waals surface area contributed by atoms with Gasteiger partial charge in [0.25, 0.3) is 0 Å². The number of benzene rings is 3. The molecular formula is C32H31N4O7P. The van der Waals surface area contributed by atoms with Crippen molar-refractivity contribution in [2.75, 3.05) is 19.1 Å². The average molecular weight is 615 g/mol. The second-order valence-corrected chi connectivity index (χ2v) is 11.4. The van der Waals surface area contributed by atoms with Gasteiger partial charge in [0.05, 0.1) is 19.2 Å². The molecule has 5 aromatic rings. The third-order valence-corrected chi connectivity index (χ3v) is 7.28. The maximum absolute atomic E-state index is 13.4. The molecule has 0 spiro atoms. The lowest BCUT2D eigenvalue weighted by Crippen LogP contribution is -2.29. The number of hydrogen-bond donors (Lipinski definition) is 2.